The van der Waals surface area contributed by atoms with Crippen molar-refractivity contribution in [2.45, 2.75) is 6.54 Å². The van der Waals surface area contributed by atoms with E-state index in [0.29, 0.717) is 11.6 Å². The van der Waals surface area contributed by atoms with Gasteiger partial charge in [-0.25, -0.2) is 4.98 Å². The molecule has 0 spiro atoms. The monoisotopic (exact) mass is 326 g/mol. The second kappa shape index (κ2) is 6.07. The molecule has 2 rings (SSSR count). The average Bonchev–Trinajstić information content (AvgIpc) is 2.38. The van der Waals surface area contributed by atoms with Crippen LogP contribution in [0.3, 0.4) is 0 Å². The molecule has 1 aromatic heterocycles. The first kappa shape index (κ1) is 13.2. The third-order valence-corrected chi connectivity index (χ3v) is 3.21. The molecule has 1 N–H and O–H groups in total. The van der Waals surface area contributed by atoms with Gasteiger partial charge in [-0.05, 0) is 39.7 Å². The lowest BCUT2D eigenvalue weighted by molar-refractivity contribution is 0.414. The number of hydrogen-bond acceptors (Lipinski definition) is 3. The molecule has 1 heterocycles. The third-order valence-electron chi connectivity index (χ3n) is 2.40. The highest BCUT2D eigenvalue weighted by Crippen LogP contribution is 2.23. The first-order chi connectivity index (χ1) is 8.69. The molecule has 0 saturated carbocycles. The van der Waals surface area contributed by atoms with E-state index in [9.17, 15) is 0 Å². The zero-order valence-corrected chi connectivity index (χ0v) is 12.1. The van der Waals surface area contributed by atoms with Crippen molar-refractivity contribution in [2.24, 2.45) is 0 Å². The minimum absolute atomic E-state index is 0.605. The van der Waals surface area contributed by atoms with Crippen molar-refractivity contribution in [2.75, 3.05) is 12.4 Å². The minimum atomic E-state index is 0.605. The number of aromatic nitrogens is 1. The molecule has 2 aromatic rings. The Morgan fingerprint density at radius 3 is 2.94 bits per heavy atom. The topological polar surface area (TPSA) is 34.1 Å². The first-order valence-electron chi connectivity index (χ1n) is 5.37. The molecule has 0 bridgehead atoms. The molecule has 5 heteroatoms. The Bertz CT molecular complexity index is 548. The lowest BCUT2D eigenvalue weighted by atomic mass is 10.2. The smallest absolute Gasteiger partial charge is 0.140 e. The minimum Gasteiger partial charge on any atom is -0.497 e. The largest absolute Gasteiger partial charge is 0.497 e. The Hall–Kier alpha value is -1.26. The van der Waals surface area contributed by atoms with E-state index in [-0.39, 0.29) is 0 Å². The lowest BCUT2D eigenvalue weighted by Crippen LogP contribution is -2.02. The Balaban J connectivity index is 2.06. The molecule has 1 aromatic carbocycles. The van der Waals surface area contributed by atoms with Gasteiger partial charge in [0.25, 0.3) is 0 Å². The summed E-state index contributed by atoms with van der Waals surface area (Å²) in [5, 5.41) is 3.84. The van der Waals surface area contributed by atoms with Gasteiger partial charge in [0.1, 0.15) is 11.6 Å². The van der Waals surface area contributed by atoms with Crippen molar-refractivity contribution in [3.63, 3.8) is 0 Å². The number of pyridine rings is 1. The summed E-state index contributed by atoms with van der Waals surface area (Å²) >= 11 is 9.25. The number of rotatable bonds is 4. The molecule has 0 aliphatic rings. The van der Waals surface area contributed by atoms with Crippen LogP contribution in [0.1, 0.15) is 5.56 Å². The molecule has 0 unspecified atom stereocenters. The van der Waals surface area contributed by atoms with E-state index >= 15 is 0 Å². The number of anilines is 1. The highest BCUT2D eigenvalue weighted by atomic mass is 79.9. The summed E-state index contributed by atoms with van der Waals surface area (Å²) in [5.74, 6) is 1.61. The zero-order chi connectivity index (χ0) is 13.0. The number of ether oxygens (including phenoxy) is 1. The molecule has 0 radical (unpaired) electrons. The van der Waals surface area contributed by atoms with Crippen LogP contribution in [-0.2, 0) is 6.54 Å². The van der Waals surface area contributed by atoms with E-state index in [2.05, 4.69) is 26.2 Å². The molecule has 0 aliphatic carbocycles. The van der Waals surface area contributed by atoms with Crippen molar-refractivity contribution in [1.82, 2.24) is 4.98 Å². The van der Waals surface area contributed by atoms with Crippen LogP contribution in [0.15, 0.2) is 41.0 Å². The first-order valence-corrected chi connectivity index (χ1v) is 6.54. The quantitative estimate of drug-likeness (QED) is 0.917. The predicted molar refractivity (Wildman–Crippen MR) is 77.3 cm³/mol. The number of benzene rings is 1. The Morgan fingerprint density at radius 2 is 2.22 bits per heavy atom. The summed E-state index contributed by atoms with van der Waals surface area (Å²) in [6.45, 7) is 0.671. The molecule has 0 amide bonds. The summed E-state index contributed by atoms with van der Waals surface area (Å²) in [4.78, 5) is 4.21. The molecule has 94 valence electrons. The van der Waals surface area contributed by atoms with Crippen molar-refractivity contribution in [3.8, 4) is 5.75 Å². The van der Waals surface area contributed by atoms with Crippen LogP contribution >= 0.6 is 27.5 Å². The summed E-state index contributed by atoms with van der Waals surface area (Å²) in [5.41, 5.74) is 1.12. The third kappa shape index (κ3) is 3.37. The number of nitrogens with one attached hydrogen (secondary N) is 1. The maximum absolute atomic E-state index is 5.84. The second-order valence-electron chi connectivity index (χ2n) is 3.69. The van der Waals surface area contributed by atoms with Crippen molar-refractivity contribution < 1.29 is 4.74 Å². The van der Waals surface area contributed by atoms with Gasteiger partial charge in [0.15, 0.2) is 0 Å². The van der Waals surface area contributed by atoms with Crippen LogP contribution < -0.4 is 10.1 Å². The van der Waals surface area contributed by atoms with Crippen LogP contribution in [0.4, 0.5) is 5.82 Å². The van der Waals surface area contributed by atoms with Gasteiger partial charge in [-0.1, -0.05) is 23.7 Å². The van der Waals surface area contributed by atoms with E-state index in [4.69, 9.17) is 16.3 Å². The highest BCUT2D eigenvalue weighted by molar-refractivity contribution is 9.10. The average molecular weight is 328 g/mol. The summed E-state index contributed by atoms with van der Waals surface area (Å²) < 4.78 is 6.02. The van der Waals surface area contributed by atoms with E-state index < -0.39 is 0 Å². The van der Waals surface area contributed by atoms with Gasteiger partial charge in [-0.15, -0.1) is 0 Å². The molecule has 0 atom stereocenters. The Labute approximate surface area is 119 Å². The lowest BCUT2D eigenvalue weighted by Gasteiger charge is -2.08. The Morgan fingerprint density at radius 1 is 1.39 bits per heavy atom. The molecule has 0 saturated heterocycles. The SMILES string of the molecule is COc1cccc(CNc2ncc(Cl)cc2Br)c1. The number of halogens is 2. The van der Waals surface area contributed by atoms with Crippen LogP contribution in [0.2, 0.25) is 5.02 Å². The van der Waals surface area contributed by atoms with Crippen molar-refractivity contribution in [1.29, 1.82) is 0 Å². The Kier molecular flexibility index (Phi) is 4.44. The van der Waals surface area contributed by atoms with Crippen LogP contribution in [-0.4, -0.2) is 12.1 Å². The number of methoxy groups -OCH3 is 1. The van der Waals surface area contributed by atoms with Crippen LogP contribution in [0, 0.1) is 0 Å². The van der Waals surface area contributed by atoms with E-state index in [1.807, 2.05) is 30.3 Å². The molecule has 18 heavy (non-hydrogen) atoms. The van der Waals surface area contributed by atoms with Gasteiger partial charge in [-0.2, -0.15) is 0 Å². The summed E-state index contributed by atoms with van der Waals surface area (Å²) in [7, 11) is 1.66. The molecule has 0 aliphatic heterocycles. The second-order valence-corrected chi connectivity index (χ2v) is 4.98. The predicted octanol–water partition coefficient (Wildman–Crippen LogP) is 4.12. The van der Waals surface area contributed by atoms with Crippen LogP contribution in [0.25, 0.3) is 0 Å². The fourth-order valence-corrected chi connectivity index (χ4v) is 2.29. The van der Waals surface area contributed by atoms with Gasteiger partial charge in [-0.3, -0.25) is 0 Å². The van der Waals surface area contributed by atoms with Crippen molar-refractivity contribution >= 4 is 33.3 Å². The fraction of sp³-hybridized carbons (Fsp3) is 0.154. The number of hydrogen-bond donors (Lipinski definition) is 1. The standard InChI is InChI=1S/C13H12BrClN2O/c1-18-11-4-2-3-9(5-11)7-16-13-12(14)6-10(15)8-17-13/h2-6,8H,7H2,1H3,(H,16,17). The zero-order valence-electron chi connectivity index (χ0n) is 9.78. The van der Waals surface area contributed by atoms with E-state index in [1.165, 1.54) is 0 Å². The van der Waals surface area contributed by atoms with Gasteiger partial charge >= 0.3 is 0 Å². The van der Waals surface area contributed by atoms with Gasteiger partial charge in [0.05, 0.1) is 16.6 Å². The van der Waals surface area contributed by atoms with Gasteiger partial charge in [0, 0.05) is 12.7 Å². The normalized spacial score (nSPS) is 10.2. The maximum atomic E-state index is 5.84. The molecule has 0 fully saturated rings. The van der Waals surface area contributed by atoms with Crippen LogP contribution in [0.5, 0.6) is 5.75 Å². The molecular weight excluding hydrogens is 316 g/mol. The maximum Gasteiger partial charge on any atom is 0.140 e. The molecular formula is C13H12BrClN2O. The summed E-state index contributed by atoms with van der Waals surface area (Å²) in [6.07, 6.45) is 1.61. The molecule has 3 nitrogen and oxygen atoms in total. The van der Waals surface area contributed by atoms with Gasteiger partial charge < -0.3 is 10.1 Å². The van der Waals surface area contributed by atoms with Gasteiger partial charge in [0.2, 0.25) is 0 Å². The fourth-order valence-electron chi connectivity index (χ4n) is 1.51. The highest BCUT2D eigenvalue weighted by Gasteiger charge is 2.02. The van der Waals surface area contributed by atoms with Crippen molar-refractivity contribution in [3.05, 3.63) is 51.6 Å². The summed E-state index contributed by atoms with van der Waals surface area (Å²) in [6, 6.07) is 9.69. The van der Waals surface area contributed by atoms with E-state index in [1.54, 1.807) is 13.3 Å². The number of nitrogens with zero attached hydrogens (tertiary/aromatic N) is 1. The van der Waals surface area contributed by atoms with E-state index in [0.717, 1.165) is 21.6 Å².